The van der Waals surface area contributed by atoms with Gasteiger partial charge in [0.1, 0.15) is 0 Å². The molecule has 2 saturated carbocycles. The summed E-state index contributed by atoms with van der Waals surface area (Å²) >= 11 is 0. The second-order valence-electron chi connectivity index (χ2n) is 8.14. The van der Waals surface area contributed by atoms with Crippen molar-refractivity contribution in [1.29, 1.82) is 0 Å². The summed E-state index contributed by atoms with van der Waals surface area (Å²) in [6.07, 6.45) is 9.65. The third-order valence-electron chi connectivity index (χ3n) is 5.68. The lowest BCUT2D eigenvalue weighted by Gasteiger charge is -2.44. The summed E-state index contributed by atoms with van der Waals surface area (Å²) in [4.78, 5) is 2.83. The van der Waals surface area contributed by atoms with Gasteiger partial charge in [0.2, 0.25) is 0 Å². The zero-order chi connectivity index (χ0) is 14.8. The Morgan fingerprint density at radius 1 is 1.05 bits per heavy atom. The van der Waals surface area contributed by atoms with Gasteiger partial charge in [0, 0.05) is 24.7 Å². The van der Waals surface area contributed by atoms with Crippen molar-refractivity contribution in [3.05, 3.63) is 0 Å². The topological polar surface area (TPSA) is 29.3 Å². The van der Waals surface area contributed by atoms with Crippen LogP contribution in [0.4, 0.5) is 0 Å². The molecule has 2 nitrogen and oxygen atoms in total. The van der Waals surface area contributed by atoms with E-state index in [2.05, 4.69) is 32.6 Å². The van der Waals surface area contributed by atoms with Crippen molar-refractivity contribution >= 4 is 0 Å². The van der Waals surface area contributed by atoms with Gasteiger partial charge in [-0.05, 0) is 49.9 Å². The fourth-order valence-electron chi connectivity index (χ4n) is 4.20. The molecule has 2 rings (SSSR count). The lowest BCUT2D eigenvalue weighted by Crippen LogP contribution is -2.55. The molecule has 2 heteroatoms. The molecule has 0 aromatic heterocycles. The molecule has 20 heavy (non-hydrogen) atoms. The molecule has 0 bridgehead atoms. The van der Waals surface area contributed by atoms with Crippen LogP contribution < -0.4 is 5.73 Å². The fourth-order valence-corrected chi connectivity index (χ4v) is 4.20. The van der Waals surface area contributed by atoms with Crippen LogP contribution in [0.2, 0.25) is 0 Å². The van der Waals surface area contributed by atoms with Gasteiger partial charge in [-0.1, -0.05) is 40.5 Å². The van der Waals surface area contributed by atoms with E-state index in [9.17, 15) is 0 Å². The van der Waals surface area contributed by atoms with Gasteiger partial charge >= 0.3 is 0 Å². The monoisotopic (exact) mass is 280 g/mol. The highest BCUT2D eigenvalue weighted by Crippen LogP contribution is 2.42. The molecule has 2 aliphatic rings. The van der Waals surface area contributed by atoms with Crippen molar-refractivity contribution < 1.29 is 0 Å². The minimum Gasteiger partial charge on any atom is -0.329 e. The standard InChI is InChI=1S/C18H36N2/c1-14(2)12-20(17-7-8-17)18(13-19)10-5-6-16(9-11-18)15(3)4/h14-17H,5-13,19H2,1-4H3. The Hall–Kier alpha value is -0.0800. The number of hydrogen-bond acceptors (Lipinski definition) is 2. The average molecular weight is 280 g/mol. The molecule has 2 atom stereocenters. The van der Waals surface area contributed by atoms with E-state index >= 15 is 0 Å². The van der Waals surface area contributed by atoms with E-state index in [4.69, 9.17) is 5.73 Å². The van der Waals surface area contributed by atoms with Gasteiger partial charge in [0.05, 0.1) is 0 Å². The molecular weight excluding hydrogens is 244 g/mol. The maximum absolute atomic E-state index is 6.33. The van der Waals surface area contributed by atoms with Crippen LogP contribution in [0.3, 0.4) is 0 Å². The molecule has 2 N–H and O–H groups in total. The van der Waals surface area contributed by atoms with E-state index in [1.807, 2.05) is 0 Å². The summed E-state index contributed by atoms with van der Waals surface area (Å²) in [5, 5.41) is 0. The first-order valence-electron chi connectivity index (χ1n) is 8.95. The molecule has 118 valence electrons. The summed E-state index contributed by atoms with van der Waals surface area (Å²) in [6, 6.07) is 0.844. The lowest BCUT2D eigenvalue weighted by molar-refractivity contribution is 0.0559. The zero-order valence-corrected chi connectivity index (χ0v) is 14.2. The second kappa shape index (κ2) is 6.79. The van der Waals surface area contributed by atoms with Crippen molar-refractivity contribution in [3.8, 4) is 0 Å². The van der Waals surface area contributed by atoms with Crippen molar-refractivity contribution in [2.75, 3.05) is 13.1 Å². The van der Waals surface area contributed by atoms with Crippen molar-refractivity contribution in [1.82, 2.24) is 4.90 Å². The summed E-state index contributed by atoms with van der Waals surface area (Å²) < 4.78 is 0. The summed E-state index contributed by atoms with van der Waals surface area (Å²) in [5.74, 6) is 2.51. The molecule has 0 spiro atoms. The fraction of sp³-hybridized carbons (Fsp3) is 1.00. The van der Waals surface area contributed by atoms with Crippen LogP contribution in [0, 0.1) is 17.8 Å². The molecule has 2 unspecified atom stereocenters. The molecule has 2 aliphatic carbocycles. The Balaban J connectivity index is 2.10. The maximum Gasteiger partial charge on any atom is 0.0334 e. The SMILES string of the molecule is CC(C)CN(C1CC1)C1(CN)CCCC(C(C)C)CC1. The van der Waals surface area contributed by atoms with Gasteiger partial charge in [-0.15, -0.1) is 0 Å². The Morgan fingerprint density at radius 3 is 2.25 bits per heavy atom. The molecule has 0 radical (unpaired) electrons. The predicted molar refractivity (Wildman–Crippen MR) is 87.8 cm³/mol. The van der Waals surface area contributed by atoms with E-state index in [0.29, 0.717) is 5.54 Å². The van der Waals surface area contributed by atoms with Gasteiger partial charge < -0.3 is 5.73 Å². The quantitative estimate of drug-likeness (QED) is 0.744. The second-order valence-corrected chi connectivity index (χ2v) is 8.14. The zero-order valence-electron chi connectivity index (χ0n) is 14.2. The third kappa shape index (κ3) is 3.76. The van der Waals surface area contributed by atoms with E-state index in [1.165, 1.54) is 51.5 Å². The van der Waals surface area contributed by atoms with Crippen LogP contribution in [-0.2, 0) is 0 Å². The summed E-state index contributed by atoms with van der Waals surface area (Å²) in [6.45, 7) is 11.6. The summed E-state index contributed by atoms with van der Waals surface area (Å²) in [5.41, 5.74) is 6.64. The minimum absolute atomic E-state index is 0.315. The predicted octanol–water partition coefficient (Wildman–Crippen LogP) is 4.04. The molecule has 0 aromatic rings. The maximum atomic E-state index is 6.33. The molecule has 2 fully saturated rings. The van der Waals surface area contributed by atoms with Gasteiger partial charge in [0.15, 0.2) is 0 Å². The molecule has 0 heterocycles. The van der Waals surface area contributed by atoms with Crippen LogP contribution in [0.5, 0.6) is 0 Å². The smallest absolute Gasteiger partial charge is 0.0334 e. The Labute approximate surface area is 126 Å². The molecule has 0 saturated heterocycles. The van der Waals surface area contributed by atoms with Gasteiger partial charge in [-0.2, -0.15) is 0 Å². The Morgan fingerprint density at radius 2 is 1.75 bits per heavy atom. The van der Waals surface area contributed by atoms with E-state index < -0.39 is 0 Å². The van der Waals surface area contributed by atoms with Crippen LogP contribution in [0.1, 0.15) is 72.6 Å². The van der Waals surface area contributed by atoms with Gasteiger partial charge in [0.25, 0.3) is 0 Å². The summed E-state index contributed by atoms with van der Waals surface area (Å²) in [7, 11) is 0. The van der Waals surface area contributed by atoms with Crippen LogP contribution >= 0.6 is 0 Å². The van der Waals surface area contributed by atoms with E-state index in [0.717, 1.165) is 30.3 Å². The highest BCUT2D eigenvalue weighted by Gasteiger charge is 2.44. The number of hydrogen-bond donors (Lipinski definition) is 1. The first kappa shape index (κ1) is 16.3. The van der Waals surface area contributed by atoms with Crippen molar-refractivity contribution in [2.45, 2.75) is 84.2 Å². The highest BCUT2D eigenvalue weighted by atomic mass is 15.3. The van der Waals surface area contributed by atoms with E-state index in [-0.39, 0.29) is 0 Å². The third-order valence-corrected chi connectivity index (χ3v) is 5.68. The minimum atomic E-state index is 0.315. The van der Waals surface area contributed by atoms with Crippen molar-refractivity contribution in [2.24, 2.45) is 23.5 Å². The van der Waals surface area contributed by atoms with Crippen molar-refractivity contribution in [3.63, 3.8) is 0 Å². The highest BCUT2D eigenvalue weighted by molar-refractivity contribution is 5.01. The molecular formula is C18H36N2. The molecule has 0 aliphatic heterocycles. The molecule has 0 amide bonds. The molecule has 0 aromatic carbocycles. The number of rotatable bonds is 6. The van der Waals surface area contributed by atoms with Crippen LogP contribution in [-0.4, -0.2) is 29.6 Å². The first-order valence-corrected chi connectivity index (χ1v) is 8.95. The Bertz CT molecular complexity index is 296. The number of nitrogens with zero attached hydrogens (tertiary/aromatic N) is 1. The normalized spacial score (nSPS) is 32.1. The van der Waals surface area contributed by atoms with Crippen LogP contribution in [0.25, 0.3) is 0 Å². The lowest BCUT2D eigenvalue weighted by atomic mass is 9.85. The van der Waals surface area contributed by atoms with Gasteiger partial charge in [-0.25, -0.2) is 0 Å². The Kier molecular flexibility index (Phi) is 5.53. The van der Waals surface area contributed by atoms with E-state index in [1.54, 1.807) is 0 Å². The average Bonchev–Trinajstić information content (AvgIpc) is 3.22. The first-order chi connectivity index (χ1) is 9.48. The van der Waals surface area contributed by atoms with Gasteiger partial charge in [-0.3, -0.25) is 4.90 Å². The number of nitrogens with two attached hydrogens (primary N) is 1. The largest absolute Gasteiger partial charge is 0.329 e. The van der Waals surface area contributed by atoms with Crippen LogP contribution in [0.15, 0.2) is 0 Å².